The third-order valence-corrected chi connectivity index (χ3v) is 2.46. The normalized spacial score (nSPS) is 11.2. The average Bonchev–Trinajstić information content (AvgIpc) is 2.15. The second-order valence-electron chi connectivity index (χ2n) is 3.23. The van der Waals surface area contributed by atoms with Gasteiger partial charge in [0.2, 0.25) is 0 Å². The summed E-state index contributed by atoms with van der Waals surface area (Å²) in [4.78, 5) is 10.8. The van der Waals surface area contributed by atoms with Crippen LogP contribution in [0, 0.1) is 0 Å². The van der Waals surface area contributed by atoms with Gasteiger partial charge < -0.3 is 10.2 Å². The number of aliphatic hydroxyl groups excluding tert-OH is 1. The van der Waals surface area contributed by atoms with Crippen LogP contribution in [0.1, 0.15) is 15.9 Å². The lowest BCUT2D eigenvalue weighted by molar-refractivity contribution is 0.0695. The number of aliphatic hydroxyl groups is 1. The van der Waals surface area contributed by atoms with Crippen LogP contribution >= 0.6 is 0 Å². The number of carboxylic acids is 1. The molecule has 0 atom stereocenters. The van der Waals surface area contributed by atoms with Crippen molar-refractivity contribution < 1.29 is 28.0 Å². The fraction of sp³-hybridized carbons (Fsp3) is 0.222. The van der Waals surface area contributed by atoms with Gasteiger partial charge in [0, 0.05) is 6.61 Å². The van der Waals surface area contributed by atoms with Crippen LogP contribution in [0.3, 0.4) is 0 Å². The van der Waals surface area contributed by atoms with Gasteiger partial charge in [0.25, 0.3) is 0 Å². The molecule has 1 rings (SSSR count). The molecule has 0 aliphatic heterocycles. The van der Waals surface area contributed by atoms with Crippen LogP contribution in [-0.4, -0.2) is 35.8 Å². The quantitative estimate of drug-likeness (QED) is 0.559. The Bertz CT molecular complexity index is 524. The van der Waals surface area contributed by atoms with Crippen molar-refractivity contribution in [2.45, 2.75) is 6.42 Å². The van der Waals surface area contributed by atoms with Gasteiger partial charge in [-0.2, -0.15) is 8.42 Å². The fourth-order valence-corrected chi connectivity index (χ4v) is 1.77. The maximum absolute atomic E-state index is 10.8. The van der Waals surface area contributed by atoms with Crippen molar-refractivity contribution in [1.82, 2.24) is 0 Å². The van der Waals surface area contributed by atoms with Gasteiger partial charge in [-0.3, -0.25) is 9.27 Å². The summed E-state index contributed by atoms with van der Waals surface area (Å²) in [5.41, 5.74) is 0.273. The molecule has 8 heteroatoms. The van der Waals surface area contributed by atoms with Crippen molar-refractivity contribution in [3.05, 3.63) is 29.3 Å². The summed E-state index contributed by atoms with van der Waals surface area (Å²) in [6, 6.07) is 3.65. The summed E-state index contributed by atoms with van der Waals surface area (Å²) >= 11 is 0. The zero-order valence-corrected chi connectivity index (χ0v) is 9.44. The van der Waals surface area contributed by atoms with Crippen LogP contribution in [-0.2, 0) is 16.7 Å². The Balaban J connectivity index is 3.13. The molecule has 0 unspecified atom stereocenters. The number of carbonyl (C=O) groups is 1. The van der Waals surface area contributed by atoms with Gasteiger partial charge in [-0.05, 0) is 30.2 Å². The monoisotopic (exact) mass is 261 g/mol. The van der Waals surface area contributed by atoms with Crippen LogP contribution in [0.4, 0.5) is 5.69 Å². The molecule has 0 bridgehead atoms. The minimum atomic E-state index is -4.40. The van der Waals surface area contributed by atoms with E-state index in [1.54, 1.807) is 4.72 Å². The van der Waals surface area contributed by atoms with E-state index in [9.17, 15) is 13.2 Å². The molecule has 0 aliphatic rings. The van der Waals surface area contributed by atoms with Crippen molar-refractivity contribution >= 4 is 22.0 Å². The highest BCUT2D eigenvalue weighted by atomic mass is 32.2. The second kappa shape index (κ2) is 5.13. The summed E-state index contributed by atoms with van der Waals surface area (Å²) in [7, 11) is -4.40. The molecule has 0 fully saturated rings. The van der Waals surface area contributed by atoms with E-state index >= 15 is 0 Å². The molecule has 0 aromatic heterocycles. The minimum Gasteiger partial charge on any atom is -0.478 e. The number of hydrogen-bond donors (Lipinski definition) is 4. The zero-order valence-electron chi connectivity index (χ0n) is 8.62. The standard InChI is InChI=1S/C9H11NO6S/c11-4-3-6-5-7(10-17(14,15)16)1-2-8(6)9(12)13/h1-2,5,10-11H,3-4H2,(H,12,13)(H,14,15,16). The Morgan fingerprint density at radius 2 is 2.00 bits per heavy atom. The Kier molecular flexibility index (Phi) is 4.05. The molecule has 0 radical (unpaired) electrons. The van der Waals surface area contributed by atoms with E-state index in [0.717, 1.165) is 0 Å². The lowest BCUT2D eigenvalue weighted by Gasteiger charge is -2.08. The summed E-state index contributed by atoms with van der Waals surface area (Å²) in [6.07, 6.45) is 0.0721. The third-order valence-electron chi connectivity index (χ3n) is 1.96. The van der Waals surface area contributed by atoms with Crippen molar-refractivity contribution in [2.24, 2.45) is 0 Å². The Morgan fingerprint density at radius 3 is 2.47 bits per heavy atom. The van der Waals surface area contributed by atoms with Gasteiger partial charge in [-0.25, -0.2) is 4.79 Å². The number of hydrogen-bond acceptors (Lipinski definition) is 4. The van der Waals surface area contributed by atoms with Crippen LogP contribution in [0.5, 0.6) is 0 Å². The Morgan fingerprint density at radius 1 is 1.35 bits per heavy atom. The minimum absolute atomic E-state index is 0.0278. The number of rotatable bonds is 5. The summed E-state index contributed by atoms with van der Waals surface area (Å²) in [5, 5.41) is 17.6. The molecule has 1 aromatic rings. The average molecular weight is 261 g/mol. The molecule has 0 aliphatic carbocycles. The molecule has 17 heavy (non-hydrogen) atoms. The number of anilines is 1. The highest BCUT2D eigenvalue weighted by molar-refractivity contribution is 7.87. The lowest BCUT2D eigenvalue weighted by Crippen LogP contribution is -2.12. The van der Waals surface area contributed by atoms with Crippen LogP contribution in [0.15, 0.2) is 18.2 Å². The number of carboxylic acid groups (broad SMARTS) is 1. The van der Waals surface area contributed by atoms with Crippen molar-refractivity contribution in [2.75, 3.05) is 11.3 Å². The van der Waals surface area contributed by atoms with Crippen LogP contribution in [0.25, 0.3) is 0 Å². The first-order chi connectivity index (χ1) is 7.83. The Labute approximate surface area is 97.6 Å². The van der Waals surface area contributed by atoms with Crippen molar-refractivity contribution in [3.8, 4) is 0 Å². The molecule has 0 saturated heterocycles. The third kappa shape index (κ3) is 4.02. The van der Waals surface area contributed by atoms with Crippen molar-refractivity contribution in [3.63, 3.8) is 0 Å². The maximum atomic E-state index is 10.8. The van der Waals surface area contributed by atoms with E-state index in [1.165, 1.54) is 18.2 Å². The van der Waals surface area contributed by atoms with Crippen molar-refractivity contribution in [1.29, 1.82) is 0 Å². The summed E-state index contributed by atoms with van der Waals surface area (Å²) in [5.74, 6) is -1.17. The molecule has 4 N–H and O–H groups in total. The van der Waals surface area contributed by atoms with Crippen LogP contribution < -0.4 is 4.72 Å². The SMILES string of the molecule is O=C(O)c1ccc(NS(=O)(=O)O)cc1CCO. The molecule has 7 nitrogen and oxygen atoms in total. The maximum Gasteiger partial charge on any atom is 0.357 e. The molecule has 0 amide bonds. The van der Waals surface area contributed by atoms with E-state index in [4.69, 9.17) is 14.8 Å². The highest BCUT2D eigenvalue weighted by Crippen LogP contribution is 2.17. The lowest BCUT2D eigenvalue weighted by atomic mass is 10.0. The molecular formula is C9H11NO6S. The smallest absolute Gasteiger partial charge is 0.357 e. The highest BCUT2D eigenvalue weighted by Gasteiger charge is 2.12. The fourth-order valence-electron chi connectivity index (χ4n) is 1.34. The number of benzene rings is 1. The van der Waals surface area contributed by atoms with E-state index in [-0.39, 0.29) is 29.8 Å². The molecule has 1 aromatic carbocycles. The van der Waals surface area contributed by atoms with E-state index in [1.807, 2.05) is 0 Å². The van der Waals surface area contributed by atoms with E-state index < -0.39 is 16.3 Å². The first-order valence-electron chi connectivity index (χ1n) is 4.56. The topological polar surface area (TPSA) is 124 Å². The predicted molar refractivity (Wildman–Crippen MR) is 59.4 cm³/mol. The van der Waals surface area contributed by atoms with Gasteiger partial charge >= 0.3 is 16.3 Å². The predicted octanol–water partition coefficient (Wildman–Crippen LogP) is 0.134. The molecular weight excluding hydrogens is 250 g/mol. The number of nitrogens with one attached hydrogen (secondary N) is 1. The molecule has 94 valence electrons. The van der Waals surface area contributed by atoms with E-state index in [2.05, 4.69) is 0 Å². The van der Waals surface area contributed by atoms with Gasteiger partial charge in [0.05, 0.1) is 11.3 Å². The second-order valence-corrected chi connectivity index (χ2v) is 4.38. The molecule has 0 saturated carbocycles. The zero-order chi connectivity index (χ0) is 13.1. The van der Waals surface area contributed by atoms with Gasteiger partial charge in [0.1, 0.15) is 0 Å². The first-order valence-corrected chi connectivity index (χ1v) is 6.00. The summed E-state index contributed by atoms with van der Waals surface area (Å²) in [6.45, 7) is -0.268. The largest absolute Gasteiger partial charge is 0.478 e. The number of aromatic carboxylic acids is 1. The van der Waals surface area contributed by atoms with Gasteiger partial charge in [-0.15, -0.1) is 0 Å². The van der Waals surface area contributed by atoms with Gasteiger partial charge in [0.15, 0.2) is 0 Å². The van der Waals surface area contributed by atoms with Gasteiger partial charge in [-0.1, -0.05) is 0 Å². The summed E-state index contributed by atoms with van der Waals surface area (Å²) < 4.78 is 31.5. The first kappa shape index (κ1) is 13.4. The molecule has 0 heterocycles. The van der Waals surface area contributed by atoms with Crippen LogP contribution in [0.2, 0.25) is 0 Å². The molecule has 0 spiro atoms. The Hall–Kier alpha value is -1.64. The van der Waals surface area contributed by atoms with E-state index in [0.29, 0.717) is 0 Å².